The third kappa shape index (κ3) is 4.18. The molecule has 0 aromatic heterocycles. The molecule has 17 heavy (non-hydrogen) atoms. The van der Waals surface area contributed by atoms with Crippen molar-refractivity contribution in [3.05, 3.63) is 35.5 Å². The van der Waals surface area contributed by atoms with Crippen LogP contribution in [0.3, 0.4) is 0 Å². The summed E-state index contributed by atoms with van der Waals surface area (Å²) in [5.41, 5.74) is 9.08. The molecule has 4 heteroatoms. The first-order valence-electron chi connectivity index (χ1n) is 5.51. The van der Waals surface area contributed by atoms with Crippen molar-refractivity contribution in [3.8, 4) is 0 Å². The minimum absolute atomic E-state index is 0.358. The predicted octanol–water partition coefficient (Wildman–Crippen LogP) is 2.46. The Morgan fingerprint density at radius 1 is 1.53 bits per heavy atom. The van der Waals surface area contributed by atoms with E-state index in [2.05, 4.69) is 5.32 Å². The Hall–Kier alpha value is -1.97. The Morgan fingerprint density at radius 2 is 2.24 bits per heavy atom. The lowest BCUT2D eigenvalue weighted by Crippen LogP contribution is -2.05. The topological polar surface area (TPSA) is 64.3 Å². The Labute approximate surface area is 101 Å². The average Bonchev–Trinajstić information content (AvgIpc) is 2.22. The molecule has 0 spiro atoms. The molecule has 0 radical (unpaired) electrons. The number of aryl methyl sites for hydroxylation is 1. The molecule has 0 fully saturated rings. The van der Waals surface area contributed by atoms with Gasteiger partial charge in [-0.25, -0.2) is 4.79 Å². The quantitative estimate of drug-likeness (QED) is 0.477. The summed E-state index contributed by atoms with van der Waals surface area (Å²) in [6, 6.07) is 5.71. The molecule has 0 aliphatic heterocycles. The van der Waals surface area contributed by atoms with Gasteiger partial charge in [-0.2, -0.15) is 0 Å². The summed E-state index contributed by atoms with van der Waals surface area (Å²) in [4.78, 5) is 11.2. The van der Waals surface area contributed by atoms with Crippen LogP contribution in [-0.4, -0.2) is 12.6 Å². The van der Waals surface area contributed by atoms with Crippen LogP contribution in [0.2, 0.25) is 0 Å². The first-order valence-corrected chi connectivity index (χ1v) is 5.51. The van der Waals surface area contributed by atoms with Crippen molar-refractivity contribution in [2.24, 2.45) is 0 Å². The van der Waals surface area contributed by atoms with Gasteiger partial charge in [0.2, 0.25) is 0 Å². The molecule has 4 nitrogen and oxygen atoms in total. The van der Waals surface area contributed by atoms with Gasteiger partial charge in [-0.3, -0.25) is 0 Å². The summed E-state index contributed by atoms with van der Waals surface area (Å²) in [5.74, 6) is -0.358. The maximum absolute atomic E-state index is 11.2. The zero-order valence-electron chi connectivity index (χ0n) is 10.4. The fourth-order valence-electron chi connectivity index (χ4n) is 1.41. The van der Waals surface area contributed by atoms with Crippen molar-refractivity contribution >= 4 is 17.3 Å². The van der Waals surface area contributed by atoms with Gasteiger partial charge in [0.25, 0.3) is 0 Å². The van der Waals surface area contributed by atoms with Gasteiger partial charge in [0.1, 0.15) is 0 Å². The number of esters is 1. The Morgan fingerprint density at radius 3 is 2.82 bits per heavy atom. The van der Waals surface area contributed by atoms with Crippen LogP contribution < -0.4 is 11.1 Å². The average molecular weight is 234 g/mol. The Kier molecular flexibility index (Phi) is 4.57. The molecule has 0 atom stereocenters. The molecule has 3 N–H and O–H groups in total. The molecule has 1 rings (SSSR count). The third-order valence-electron chi connectivity index (χ3n) is 2.16. The lowest BCUT2D eigenvalue weighted by atomic mass is 10.2. The number of hydrogen-bond donors (Lipinski definition) is 2. The minimum atomic E-state index is -0.358. The van der Waals surface area contributed by atoms with Gasteiger partial charge in [0, 0.05) is 11.8 Å². The minimum Gasteiger partial charge on any atom is -0.463 e. The standard InChI is InChI=1S/C13H18N2O2/c1-4-17-13(16)8-10(3)15-12-6-5-9(2)7-11(12)14/h5-8,15H,4,14H2,1-3H3. The summed E-state index contributed by atoms with van der Waals surface area (Å²) in [6.45, 7) is 5.90. The number of carbonyl (C=O) groups excluding carboxylic acids is 1. The maximum atomic E-state index is 11.2. The van der Waals surface area contributed by atoms with E-state index >= 15 is 0 Å². The number of carbonyl (C=O) groups is 1. The monoisotopic (exact) mass is 234 g/mol. The highest BCUT2D eigenvalue weighted by Gasteiger charge is 2.01. The fourth-order valence-corrected chi connectivity index (χ4v) is 1.41. The van der Waals surface area contributed by atoms with Crippen LogP contribution in [0.5, 0.6) is 0 Å². The van der Waals surface area contributed by atoms with Crippen LogP contribution in [0.25, 0.3) is 0 Å². The van der Waals surface area contributed by atoms with Crippen molar-refractivity contribution in [1.29, 1.82) is 0 Å². The number of hydrogen-bond acceptors (Lipinski definition) is 4. The van der Waals surface area contributed by atoms with Crippen LogP contribution >= 0.6 is 0 Å². The number of anilines is 2. The van der Waals surface area contributed by atoms with Gasteiger partial charge in [0.05, 0.1) is 18.0 Å². The van der Waals surface area contributed by atoms with Gasteiger partial charge in [-0.15, -0.1) is 0 Å². The van der Waals surface area contributed by atoms with Gasteiger partial charge in [0.15, 0.2) is 0 Å². The second kappa shape index (κ2) is 5.94. The zero-order valence-corrected chi connectivity index (χ0v) is 10.4. The fraction of sp³-hybridized carbons (Fsp3) is 0.308. The lowest BCUT2D eigenvalue weighted by molar-refractivity contribution is -0.137. The van der Waals surface area contributed by atoms with Crippen LogP contribution in [0, 0.1) is 6.92 Å². The molecule has 1 aromatic rings. The zero-order chi connectivity index (χ0) is 12.8. The second-order valence-electron chi connectivity index (χ2n) is 3.80. The van der Waals surface area contributed by atoms with E-state index in [-0.39, 0.29) is 5.97 Å². The van der Waals surface area contributed by atoms with Crippen molar-refractivity contribution in [2.75, 3.05) is 17.7 Å². The van der Waals surface area contributed by atoms with E-state index in [0.717, 1.165) is 11.3 Å². The molecule has 0 aliphatic carbocycles. The molecule has 0 aliphatic rings. The number of nitrogens with two attached hydrogens (primary N) is 1. The molecule has 0 bridgehead atoms. The SMILES string of the molecule is CCOC(=O)C=C(C)Nc1ccc(C)cc1N. The molecule has 0 unspecified atom stereocenters. The van der Waals surface area contributed by atoms with Crippen LogP contribution in [0.15, 0.2) is 30.0 Å². The molecule has 0 heterocycles. The second-order valence-corrected chi connectivity index (χ2v) is 3.80. The number of nitrogens with one attached hydrogen (secondary N) is 1. The van der Waals surface area contributed by atoms with Crippen molar-refractivity contribution in [2.45, 2.75) is 20.8 Å². The van der Waals surface area contributed by atoms with E-state index in [1.54, 1.807) is 13.8 Å². The van der Waals surface area contributed by atoms with Crippen molar-refractivity contribution < 1.29 is 9.53 Å². The molecule has 0 amide bonds. The van der Waals surface area contributed by atoms with E-state index < -0.39 is 0 Å². The van der Waals surface area contributed by atoms with E-state index in [1.165, 1.54) is 6.08 Å². The molecule has 0 saturated carbocycles. The number of ether oxygens (including phenoxy) is 1. The Balaban J connectivity index is 2.74. The van der Waals surface area contributed by atoms with E-state index in [9.17, 15) is 4.79 Å². The van der Waals surface area contributed by atoms with Gasteiger partial charge in [-0.05, 0) is 38.5 Å². The Bertz CT molecular complexity index is 439. The lowest BCUT2D eigenvalue weighted by Gasteiger charge is -2.10. The highest BCUT2D eigenvalue weighted by atomic mass is 16.5. The number of nitrogen functional groups attached to an aromatic ring is 1. The van der Waals surface area contributed by atoms with Crippen molar-refractivity contribution in [1.82, 2.24) is 0 Å². The molecular formula is C13H18N2O2. The normalized spacial score (nSPS) is 11.1. The molecule has 0 saturated heterocycles. The summed E-state index contributed by atoms with van der Waals surface area (Å²) in [7, 11) is 0. The first-order chi connectivity index (χ1) is 8.02. The van der Waals surface area contributed by atoms with Crippen molar-refractivity contribution in [3.63, 3.8) is 0 Å². The van der Waals surface area contributed by atoms with E-state index in [0.29, 0.717) is 18.0 Å². The number of benzene rings is 1. The highest BCUT2D eigenvalue weighted by Crippen LogP contribution is 2.20. The van der Waals surface area contributed by atoms with Gasteiger partial charge < -0.3 is 15.8 Å². The van der Waals surface area contributed by atoms with E-state index in [4.69, 9.17) is 10.5 Å². The van der Waals surface area contributed by atoms with Crippen LogP contribution in [0.1, 0.15) is 19.4 Å². The molecular weight excluding hydrogens is 216 g/mol. The number of rotatable bonds is 4. The first kappa shape index (κ1) is 13.1. The summed E-state index contributed by atoms with van der Waals surface area (Å²) < 4.78 is 4.81. The van der Waals surface area contributed by atoms with Gasteiger partial charge in [-0.1, -0.05) is 6.07 Å². The van der Waals surface area contributed by atoms with Crippen LogP contribution in [-0.2, 0) is 9.53 Å². The van der Waals surface area contributed by atoms with E-state index in [1.807, 2.05) is 25.1 Å². The predicted molar refractivity (Wildman–Crippen MR) is 69.6 cm³/mol. The highest BCUT2D eigenvalue weighted by molar-refractivity contribution is 5.83. The third-order valence-corrected chi connectivity index (χ3v) is 2.16. The van der Waals surface area contributed by atoms with Crippen LogP contribution in [0.4, 0.5) is 11.4 Å². The smallest absolute Gasteiger partial charge is 0.332 e. The van der Waals surface area contributed by atoms with Gasteiger partial charge >= 0.3 is 5.97 Å². The molecule has 92 valence electrons. The summed E-state index contributed by atoms with van der Waals surface area (Å²) in [5, 5.41) is 3.06. The molecule has 1 aromatic carbocycles. The largest absolute Gasteiger partial charge is 0.463 e. The maximum Gasteiger partial charge on any atom is 0.332 e. The number of allylic oxidation sites excluding steroid dienone is 1. The summed E-state index contributed by atoms with van der Waals surface area (Å²) >= 11 is 0. The summed E-state index contributed by atoms with van der Waals surface area (Å²) in [6.07, 6.45) is 1.41.